The first kappa shape index (κ1) is 21.4. The summed E-state index contributed by atoms with van der Waals surface area (Å²) in [6.45, 7) is 5.39. The van der Waals surface area contributed by atoms with Crippen LogP contribution in [0.2, 0.25) is 0 Å². The molecule has 1 aliphatic rings. The normalized spacial score (nSPS) is 19.8. The monoisotopic (exact) mass is 449 g/mol. The van der Waals surface area contributed by atoms with Crippen LogP contribution in [0, 0.1) is 13.8 Å². The van der Waals surface area contributed by atoms with Crippen LogP contribution in [-0.4, -0.2) is 52.8 Å². The number of methoxy groups -OCH3 is 1. The predicted octanol–water partition coefficient (Wildman–Crippen LogP) is 2.84. The second kappa shape index (κ2) is 7.72. The fourth-order valence-electron chi connectivity index (χ4n) is 3.87. The van der Waals surface area contributed by atoms with Crippen LogP contribution >= 0.6 is 0 Å². The van der Waals surface area contributed by atoms with Gasteiger partial charge in [-0.1, -0.05) is 5.16 Å². The highest BCUT2D eigenvalue weighted by atomic mass is 32.2. The third-order valence-electron chi connectivity index (χ3n) is 5.55. The van der Waals surface area contributed by atoms with E-state index in [1.807, 2.05) is 6.92 Å². The van der Waals surface area contributed by atoms with E-state index in [0.717, 1.165) is 4.31 Å². The number of hydrogen-bond acceptors (Lipinski definition) is 7. The summed E-state index contributed by atoms with van der Waals surface area (Å²) in [5, 5.41) is 8.15. The topological polar surface area (TPSA) is 103 Å². The zero-order chi connectivity index (χ0) is 22.4. The summed E-state index contributed by atoms with van der Waals surface area (Å²) in [7, 11) is -2.36. The van der Waals surface area contributed by atoms with E-state index in [9.17, 15) is 8.42 Å². The van der Waals surface area contributed by atoms with Gasteiger partial charge in [-0.05, 0) is 45.0 Å². The van der Waals surface area contributed by atoms with Gasteiger partial charge in [0, 0.05) is 25.1 Å². The summed E-state index contributed by atoms with van der Waals surface area (Å²) in [4.78, 5) is 4.33. The Morgan fingerprint density at radius 3 is 2.58 bits per heavy atom. The molecule has 3 aromatic rings. The fourth-order valence-corrected chi connectivity index (χ4v) is 5.73. The average Bonchev–Trinajstić information content (AvgIpc) is 3.46. The van der Waals surface area contributed by atoms with Crippen LogP contribution in [0.25, 0.3) is 11.4 Å². The van der Waals surface area contributed by atoms with E-state index >= 15 is 4.39 Å². The van der Waals surface area contributed by atoms with Crippen LogP contribution in [0.15, 0.2) is 33.7 Å². The van der Waals surface area contributed by atoms with Gasteiger partial charge in [-0.2, -0.15) is 14.4 Å². The van der Waals surface area contributed by atoms with Crippen molar-refractivity contribution in [2.45, 2.75) is 44.3 Å². The van der Waals surface area contributed by atoms with Crippen molar-refractivity contribution in [3.05, 3.63) is 41.5 Å². The van der Waals surface area contributed by atoms with Gasteiger partial charge in [0.05, 0.1) is 25.0 Å². The minimum Gasteiger partial charge on any atom is -0.497 e. The molecule has 0 N–H and O–H groups in total. The average molecular weight is 450 g/mol. The lowest BCUT2D eigenvalue weighted by Gasteiger charge is -2.18. The van der Waals surface area contributed by atoms with Gasteiger partial charge in [0.15, 0.2) is 0 Å². The molecule has 4 rings (SSSR count). The van der Waals surface area contributed by atoms with Crippen molar-refractivity contribution >= 4 is 10.0 Å². The van der Waals surface area contributed by atoms with Crippen molar-refractivity contribution in [2.24, 2.45) is 0 Å². The van der Waals surface area contributed by atoms with Crippen LogP contribution in [0.4, 0.5) is 4.39 Å². The Bertz CT molecular complexity index is 1200. The number of sulfonamides is 1. The number of aromatic nitrogens is 4. The molecule has 1 aromatic carbocycles. The molecule has 3 heterocycles. The van der Waals surface area contributed by atoms with Crippen molar-refractivity contribution < 1.29 is 22.1 Å². The molecule has 1 unspecified atom stereocenters. The Labute approximate surface area is 179 Å². The van der Waals surface area contributed by atoms with Crippen LogP contribution in [0.5, 0.6) is 5.75 Å². The first-order valence-electron chi connectivity index (χ1n) is 9.91. The first-order valence-corrected chi connectivity index (χ1v) is 11.4. The van der Waals surface area contributed by atoms with E-state index in [0.29, 0.717) is 29.2 Å². The molecule has 0 radical (unpaired) electrons. The SMILES string of the molecule is CCn1nc(C)c(S(=O)(=O)N2CCC(F)(c3nc(-c4ccc(OC)cc4)no3)C2)c1C. The number of alkyl halides is 1. The highest BCUT2D eigenvalue weighted by molar-refractivity contribution is 7.89. The smallest absolute Gasteiger partial charge is 0.266 e. The van der Waals surface area contributed by atoms with E-state index in [1.165, 1.54) is 0 Å². The molecule has 166 valence electrons. The summed E-state index contributed by atoms with van der Waals surface area (Å²) >= 11 is 0. The van der Waals surface area contributed by atoms with E-state index in [1.54, 1.807) is 49.9 Å². The molecule has 0 saturated carbocycles. The number of hydrogen-bond donors (Lipinski definition) is 0. The van der Waals surface area contributed by atoms with Crippen LogP contribution in [0.3, 0.4) is 0 Å². The molecule has 0 bridgehead atoms. The maximum Gasteiger partial charge on any atom is 0.266 e. The fraction of sp³-hybridized carbons (Fsp3) is 0.450. The molecule has 9 nitrogen and oxygen atoms in total. The van der Waals surface area contributed by atoms with Crippen molar-refractivity contribution in [1.29, 1.82) is 0 Å². The Morgan fingerprint density at radius 2 is 1.97 bits per heavy atom. The third kappa shape index (κ3) is 3.61. The minimum atomic E-state index is -3.92. The van der Waals surface area contributed by atoms with Crippen molar-refractivity contribution in [2.75, 3.05) is 20.2 Å². The second-order valence-electron chi connectivity index (χ2n) is 7.52. The van der Waals surface area contributed by atoms with Gasteiger partial charge >= 0.3 is 0 Å². The van der Waals surface area contributed by atoms with Gasteiger partial charge in [-0.15, -0.1) is 0 Å². The zero-order valence-corrected chi connectivity index (χ0v) is 18.6. The van der Waals surface area contributed by atoms with E-state index < -0.39 is 22.2 Å². The van der Waals surface area contributed by atoms with Crippen LogP contribution < -0.4 is 4.74 Å². The van der Waals surface area contributed by atoms with Crippen LogP contribution in [-0.2, 0) is 22.2 Å². The molecule has 1 saturated heterocycles. The van der Waals surface area contributed by atoms with Gasteiger partial charge in [-0.3, -0.25) is 4.68 Å². The molecule has 0 spiro atoms. The Hall–Kier alpha value is -2.79. The molecular formula is C20H24FN5O4S. The van der Waals surface area contributed by atoms with E-state index in [4.69, 9.17) is 9.26 Å². The molecule has 1 atom stereocenters. The summed E-state index contributed by atoms with van der Waals surface area (Å²) in [5.41, 5.74) is -0.487. The van der Waals surface area contributed by atoms with Crippen molar-refractivity contribution in [1.82, 2.24) is 24.2 Å². The molecule has 31 heavy (non-hydrogen) atoms. The highest BCUT2D eigenvalue weighted by Gasteiger charge is 2.49. The molecule has 11 heteroatoms. The zero-order valence-electron chi connectivity index (χ0n) is 17.8. The molecule has 2 aromatic heterocycles. The number of halogens is 1. The van der Waals surface area contributed by atoms with Gasteiger partial charge in [0.25, 0.3) is 5.89 Å². The van der Waals surface area contributed by atoms with E-state index in [-0.39, 0.29) is 29.6 Å². The van der Waals surface area contributed by atoms with Crippen molar-refractivity contribution in [3.63, 3.8) is 0 Å². The minimum absolute atomic E-state index is 0.00919. The molecule has 0 aliphatic carbocycles. The first-order chi connectivity index (χ1) is 14.7. The van der Waals surface area contributed by atoms with Crippen LogP contribution in [0.1, 0.15) is 30.6 Å². The largest absolute Gasteiger partial charge is 0.497 e. The van der Waals surface area contributed by atoms with Gasteiger partial charge < -0.3 is 9.26 Å². The van der Waals surface area contributed by atoms with Gasteiger partial charge in [0.1, 0.15) is 10.6 Å². The quantitative estimate of drug-likeness (QED) is 0.570. The lowest BCUT2D eigenvalue weighted by Crippen LogP contribution is -2.33. The Kier molecular flexibility index (Phi) is 5.34. The molecular weight excluding hydrogens is 425 g/mol. The Balaban J connectivity index is 1.59. The summed E-state index contributed by atoms with van der Waals surface area (Å²) < 4.78 is 55.3. The summed E-state index contributed by atoms with van der Waals surface area (Å²) in [6, 6.07) is 6.95. The second-order valence-corrected chi connectivity index (χ2v) is 9.40. The highest BCUT2D eigenvalue weighted by Crippen LogP contribution is 2.39. The number of nitrogens with zero attached hydrogens (tertiary/aromatic N) is 5. The number of rotatable bonds is 6. The maximum absolute atomic E-state index is 15.7. The van der Waals surface area contributed by atoms with Gasteiger partial charge in [-0.25, -0.2) is 12.8 Å². The van der Waals surface area contributed by atoms with E-state index in [2.05, 4.69) is 15.2 Å². The molecule has 1 aliphatic heterocycles. The van der Waals surface area contributed by atoms with Gasteiger partial charge in [0.2, 0.25) is 21.5 Å². The number of aryl methyl sites for hydroxylation is 2. The Morgan fingerprint density at radius 1 is 1.26 bits per heavy atom. The molecule has 0 amide bonds. The van der Waals surface area contributed by atoms with Crippen molar-refractivity contribution in [3.8, 4) is 17.1 Å². The standard InChI is InChI=1S/C20H24FN5O4S/c1-5-26-14(3)17(13(2)23-26)31(27,28)25-11-10-20(21,12-25)19-22-18(24-30-19)15-6-8-16(29-4)9-7-15/h6-9H,5,10-12H2,1-4H3. The maximum atomic E-state index is 15.7. The third-order valence-corrected chi connectivity index (χ3v) is 7.65. The molecule has 1 fully saturated rings. The lowest BCUT2D eigenvalue weighted by molar-refractivity contribution is 0.127. The summed E-state index contributed by atoms with van der Waals surface area (Å²) in [6.07, 6.45) is -0.0729. The lowest BCUT2D eigenvalue weighted by atomic mass is 10.1. The number of benzene rings is 1. The number of ether oxygens (including phenoxy) is 1. The predicted molar refractivity (Wildman–Crippen MR) is 110 cm³/mol. The summed E-state index contributed by atoms with van der Waals surface area (Å²) in [5.74, 6) is 0.670.